The van der Waals surface area contributed by atoms with E-state index < -0.39 is 6.09 Å². The third-order valence-corrected chi connectivity index (χ3v) is 2.25. The van der Waals surface area contributed by atoms with Crippen LogP contribution in [-0.4, -0.2) is 6.09 Å². The van der Waals surface area contributed by atoms with Gasteiger partial charge in [0, 0.05) is 7.11 Å². The zero-order valence-corrected chi connectivity index (χ0v) is 11.5. The number of para-hydroxylation sites is 1. The Balaban J connectivity index is 0.00000115. The molecule has 0 fully saturated rings. The van der Waals surface area contributed by atoms with Gasteiger partial charge in [0.2, 0.25) is 0 Å². The first-order valence-corrected chi connectivity index (χ1v) is 6.34. The Labute approximate surface area is 115 Å². The fourth-order valence-electron chi connectivity index (χ4n) is 1.38. The lowest BCUT2D eigenvalue weighted by Gasteiger charge is -2.06. The number of nitrogens with one attached hydrogen (secondary N) is 1. The first kappa shape index (κ1) is 14.8. The smallest absolute Gasteiger partial charge is 0.410 e. The molecule has 1 N–H and O–H groups in total. The summed E-state index contributed by atoms with van der Waals surface area (Å²) in [7, 11) is 0. The van der Waals surface area contributed by atoms with E-state index in [1.807, 2.05) is 63.2 Å². The predicted octanol–water partition coefficient (Wildman–Crippen LogP) is 4.88. The maximum absolute atomic E-state index is 11.5. The van der Waals surface area contributed by atoms with E-state index in [-0.39, 0.29) is 1.43 Å². The summed E-state index contributed by atoms with van der Waals surface area (Å²) in [4.78, 5) is 11.5. The van der Waals surface area contributed by atoms with Gasteiger partial charge in [-0.1, -0.05) is 49.7 Å². The minimum atomic E-state index is -0.486. The molecule has 102 valence electrons. The maximum Gasteiger partial charge on any atom is 0.417 e. The van der Waals surface area contributed by atoms with Crippen LogP contribution in [0.4, 0.5) is 10.5 Å². The number of carbonyl (C=O) groups is 1. The lowest BCUT2D eigenvalue weighted by molar-refractivity contribution is 0.215. The highest BCUT2D eigenvalue weighted by Crippen LogP contribution is 2.12. The Kier molecular flexibility index (Phi) is 6.16. The molecule has 0 aliphatic heterocycles. The van der Waals surface area contributed by atoms with Crippen molar-refractivity contribution in [3.63, 3.8) is 0 Å². The van der Waals surface area contributed by atoms with E-state index >= 15 is 0 Å². The van der Waals surface area contributed by atoms with Gasteiger partial charge >= 0.3 is 6.09 Å². The zero-order chi connectivity index (χ0) is 14.1. The van der Waals surface area contributed by atoms with E-state index in [2.05, 4.69) is 5.32 Å². The van der Waals surface area contributed by atoms with Crippen LogP contribution in [-0.2, 0) is 0 Å². The highest BCUT2D eigenvalue weighted by molar-refractivity contribution is 5.86. The van der Waals surface area contributed by atoms with Crippen molar-refractivity contribution in [3.8, 4) is 5.75 Å². The van der Waals surface area contributed by atoms with Crippen LogP contribution in [0, 0.1) is 6.92 Å². The van der Waals surface area contributed by atoms with Crippen molar-refractivity contribution < 1.29 is 11.0 Å². The van der Waals surface area contributed by atoms with Crippen LogP contribution in [0.2, 0.25) is 0 Å². The number of rotatable bonds is 2. The van der Waals surface area contributed by atoms with Crippen LogP contribution in [0.25, 0.3) is 0 Å². The van der Waals surface area contributed by atoms with Crippen molar-refractivity contribution in [2.45, 2.75) is 20.8 Å². The standard InChI is InChI=1S/C14H13NO2.C2H6.H2/c1-11-7-9-12(10-8-11)15-14(16)17-13-5-3-2-4-6-13;1-2;/h2-10H,1H3,(H,15,16);1-2H3;1H. The molecule has 0 aromatic heterocycles. The molecule has 0 saturated carbocycles. The van der Waals surface area contributed by atoms with Crippen LogP contribution in [0.5, 0.6) is 5.75 Å². The number of hydrogen-bond acceptors (Lipinski definition) is 2. The van der Waals surface area contributed by atoms with Crippen LogP contribution < -0.4 is 10.1 Å². The molecule has 2 aromatic carbocycles. The number of aryl methyl sites for hydroxylation is 1. The second-order valence-corrected chi connectivity index (χ2v) is 3.69. The van der Waals surface area contributed by atoms with Gasteiger partial charge in [-0.3, -0.25) is 5.32 Å². The molecule has 0 bridgehead atoms. The summed E-state index contributed by atoms with van der Waals surface area (Å²) >= 11 is 0. The first-order valence-electron chi connectivity index (χ1n) is 6.34. The van der Waals surface area contributed by atoms with Crippen LogP contribution in [0.3, 0.4) is 0 Å². The highest BCUT2D eigenvalue weighted by Gasteiger charge is 2.03. The molecule has 0 aliphatic rings. The SMILES string of the molecule is CC.Cc1ccc(NC(=O)Oc2ccccc2)cc1.[HH]. The number of amides is 1. The van der Waals surface area contributed by atoms with Gasteiger partial charge < -0.3 is 4.74 Å². The van der Waals surface area contributed by atoms with Crippen molar-refractivity contribution >= 4 is 11.8 Å². The summed E-state index contributed by atoms with van der Waals surface area (Å²) in [6.07, 6.45) is -0.486. The lowest BCUT2D eigenvalue weighted by Crippen LogP contribution is -2.16. The van der Waals surface area contributed by atoms with Gasteiger partial charge in [0.1, 0.15) is 5.75 Å². The summed E-state index contributed by atoms with van der Waals surface area (Å²) in [5.41, 5.74) is 1.86. The number of anilines is 1. The Morgan fingerprint density at radius 3 is 2.16 bits per heavy atom. The van der Waals surface area contributed by atoms with Gasteiger partial charge in [-0.2, -0.15) is 0 Å². The molecule has 3 heteroatoms. The molecule has 0 aliphatic carbocycles. The second-order valence-electron chi connectivity index (χ2n) is 3.69. The lowest BCUT2D eigenvalue weighted by atomic mass is 10.2. The fraction of sp³-hybridized carbons (Fsp3) is 0.188. The molecule has 0 saturated heterocycles. The van der Waals surface area contributed by atoms with Crippen LogP contribution in [0.1, 0.15) is 20.8 Å². The summed E-state index contributed by atoms with van der Waals surface area (Å²) in [6.45, 7) is 5.99. The molecular formula is C16H21NO2. The van der Waals surface area contributed by atoms with E-state index in [9.17, 15) is 4.79 Å². The van der Waals surface area contributed by atoms with Gasteiger partial charge in [0.05, 0.1) is 0 Å². The average Bonchev–Trinajstić information content (AvgIpc) is 2.45. The minimum Gasteiger partial charge on any atom is -0.410 e. The third kappa shape index (κ3) is 5.25. The summed E-state index contributed by atoms with van der Waals surface area (Å²) < 4.78 is 5.10. The molecule has 2 rings (SSSR count). The molecule has 0 spiro atoms. The molecule has 0 atom stereocenters. The van der Waals surface area contributed by atoms with Gasteiger partial charge in [0.15, 0.2) is 0 Å². The van der Waals surface area contributed by atoms with Crippen molar-refractivity contribution in [2.75, 3.05) is 5.32 Å². The molecule has 1 amide bonds. The first-order chi connectivity index (χ1) is 9.24. The third-order valence-electron chi connectivity index (χ3n) is 2.25. The average molecular weight is 259 g/mol. The van der Waals surface area contributed by atoms with Crippen molar-refractivity contribution in [3.05, 3.63) is 60.2 Å². The van der Waals surface area contributed by atoms with Gasteiger partial charge in [-0.15, -0.1) is 0 Å². The quantitative estimate of drug-likeness (QED) is 0.834. The Bertz CT molecular complexity index is 498. The molecule has 3 nitrogen and oxygen atoms in total. The Morgan fingerprint density at radius 2 is 1.58 bits per heavy atom. The highest BCUT2D eigenvalue weighted by atomic mass is 16.6. The minimum absolute atomic E-state index is 0. The monoisotopic (exact) mass is 259 g/mol. The largest absolute Gasteiger partial charge is 0.417 e. The summed E-state index contributed by atoms with van der Waals surface area (Å²) in [6, 6.07) is 16.5. The Morgan fingerprint density at radius 1 is 1.00 bits per heavy atom. The maximum atomic E-state index is 11.5. The second kappa shape index (κ2) is 7.93. The van der Waals surface area contributed by atoms with Gasteiger partial charge in [0.25, 0.3) is 0 Å². The molecule has 0 radical (unpaired) electrons. The summed E-state index contributed by atoms with van der Waals surface area (Å²) in [5, 5.41) is 2.66. The van der Waals surface area contributed by atoms with Crippen LogP contribution in [0.15, 0.2) is 54.6 Å². The van der Waals surface area contributed by atoms with E-state index in [0.717, 1.165) is 11.3 Å². The number of ether oxygens (including phenoxy) is 1. The predicted molar refractivity (Wildman–Crippen MR) is 80.7 cm³/mol. The zero-order valence-electron chi connectivity index (χ0n) is 11.5. The molecule has 0 heterocycles. The number of hydrogen-bond donors (Lipinski definition) is 1. The molecule has 0 unspecified atom stereocenters. The number of carbonyl (C=O) groups excluding carboxylic acids is 1. The molecular weight excluding hydrogens is 238 g/mol. The van der Waals surface area contributed by atoms with Crippen molar-refractivity contribution in [2.24, 2.45) is 0 Å². The molecule has 2 aromatic rings. The van der Waals surface area contributed by atoms with Gasteiger partial charge in [-0.05, 0) is 31.2 Å². The fourth-order valence-corrected chi connectivity index (χ4v) is 1.38. The van der Waals surface area contributed by atoms with Crippen molar-refractivity contribution in [1.29, 1.82) is 0 Å². The Hall–Kier alpha value is -2.29. The van der Waals surface area contributed by atoms with E-state index in [1.165, 1.54) is 0 Å². The summed E-state index contributed by atoms with van der Waals surface area (Å²) in [5.74, 6) is 0.525. The number of benzene rings is 2. The van der Waals surface area contributed by atoms with E-state index in [1.54, 1.807) is 12.1 Å². The van der Waals surface area contributed by atoms with E-state index in [4.69, 9.17) is 4.74 Å². The van der Waals surface area contributed by atoms with Crippen molar-refractivity contribution in [1.82, 2.24) is 0 Å². The van der Waals surface area contributed by atoms with Gasteiger partial charge in [-0.25, -0.2) is 4.79 Å². The van der Waals surface area contributed by atoms with Crippen LogP contribution >= 0.6 is 0 Å². The molecule has 19 heavy (non-hydrogen) atoms. The normalized spacial score (nSPS) is 9.00. The topological polar surface area (TPSA) is 38.3 Å². The van der Waals surface area contributed by atoms with E-state index in [0.29, 0.717) is 5.75 Å².